The van der Waals surface area contributed by atoms with Crippen LogP contribution in [-0.2, 0) is 20.9 Å². The number of aliphatic hydroxyl groups excluding tert-OH is 2. The summed E-state index contributed by atoms with van der Waals surface area (Å²) in [5.74, 6) is -0.0613. The number of ether oxygens (including phenoxy) is 1. The molecule has 1 aliphatic rings. The second-order valence-electron chi connectivity index (χ2n) is 9.01. The number of nitrogen functional groups attached to an aromatic ring is 1. The Balaban J connectivity index is 1.88. The first-order valence-corrected chi connectivity index (χ1v) is 12.8. The van der Waals surface area contributed by atoms with Crippen LogP contribution < -0.4 is 11.3 Å². The molecule has 13 nitrogen and oxygen atoms in total. The predicted molar refractivity (Wildman–Crippen MR) is 123 cm³/mol. The largest absolute Gasteiger partial charge is 0.388 e. The molecule has 0 aromatic carbocycles. The van der Waals surface area contributed by atoms with Crippen molar-refractivity contribution in [1.82, 2.24) is 19.1 Å². The highest BCUT2D eigenvalue weighted by Gasteiger charge is 2.51. The van der Waals surface area contributed by atoms with Crippen LogP contribution in [0.4, 0.5) is 5.95 Å². The number of hydrogen-bond acceptors (Lipinski definition) is 10. The Bertz CT molecular complexity index is 1150. The Morgan fingerprint density at radius 2 is 1.85 bits per heavy atom. The Morgan fingerprint density at radius 1 is 1.24 bits per heavy atom. The number of rotatable bonds is 9. The summed E-state index contributed by atoms with van der Waals surface area (Å²) in [7, 11) is -3.02. The van der Waals surface area contributed by atoms with Gasteiger partial charge in [0.2, 0.25) is 5.95 Å². The van der Waals surface area contributed by atoms with E-state index < -0.39 is 48.6 Å². The minimum absolute atomic E-state index is 0.0176. The van der Waals surface area contributed by atoms with Crippen LogP contribution in [-0.4, -0.2) is 68.6 Å². The number of nitrogens with two attached hydrogens (primary N) is 1. The van der Waals surface area contributed by atoms with E-state index in [1.165, 1.54) is 17.9 Å². The van der Waals surface area contributed by atoms with Crippen molar-refractivity contribution in [1.29, 1.82) is 0 Å². The zero-order valence-electron chi connectivity index (χ0n) is 20.0. The molecule has 0 amide bonds. The van der Waals surface area contributed by atoms with Crippen LogP contribution >= 0.6 is 7.60 Å². The quantitative estimate of drug-likeness (QED) is 0.301. The second-order valence-corrected chi connectivity index (χ2v) is 11.1. The second kappa shape index (κ2) is 9.30. The molecule has 0 aliphatic carbocycles. The number of aliphatic hydroxyl groups is 3. The van der Waals surface area contributed by atoms with Crippen molar-refractivity contribution in [3.63, 3.8) is 0 Å². The van der Waals surface area contributed by atoms with E-state index in [1.54, 1.807) is 27.7 Å². The van der Waals surface area contributed by atoms with Crippen molar-refractivity contribution in [3.05, 3.63) is 16.7 Å². The fourth-order valence-electron chi connectivity index (χ4n) is 4.08. The molecule has 0 spiro atoms. The first-order valence-electron chi connectivity index (χ1n) is 11.2. The highest BCUT2D eigenvalue weighted by Crippen LogP contribution is 2.60. The van der Waals surface area contributed by atoms with Crippen LogP contribution in [0.2, 0.25) is 0 Å². The standard InChI is InChI=1S/C20H34N5O8P/c1-6-19(4,33-34(30,31)20(29,7-2)8-3)9-11-13(26)14(27)17(32-11)25-10-22-12-15(25)23-18(21)24(5)16(12)28/h10-11,13-14,17,26-27,29H,6-9H2,1-5H3,(H2,21,23)(H,30,31). The smallest absolute Gasteiger partial charge is 0.359 e. The predicted octanol–water partition coefficient (Wildman–Crippen LogP) is 0.601. The molecular formula is C20H34N5O8P. The van der Waals surface area contributed by atoms with Gasteiger partial charge in [-0.15, -0.1) is 0 Å². The van der Waals surface area contributed by atoms with E-state index in [0.29, 0.717) is 0 Å². The summed E-state index contributed by atoms with van der Waals surface area (Å²) in [4.78, 5) is 31.2. The van der Waals surface area contributed by atoms with Crippen molar-refractivity contribution in [2.45, 2.75) is 88.9 Å². The maximum atomic E-state index is 12.9. The molecule has 3 heterocycles. The van der Waals surface area contributed by atoms with Crippen LogP contribution in [0.5, 0.6) is 0 Å². The van der Waals surface area contributed by atoms with Gasteiger partial charge in [-0.3, -0.25) is 18.5 Å². The monoisotopic (exact) mass is 503 g/mol. The van der Waals surface area contributed by atoms with Gasteiger partial charge in [0.15, 0.2) is 22.7 Å². The molecule has 1 aliphatic heterocycles. The summed E-state index contributed by atoms with van der Waals surface area (Å²) in [6.07, 6.45) is -3.44. The molecule has 14 heteroatoms. The van der Waals surface area contributed by atoms with E-state index in [4.69, 9.17) is 15.0 Å². The van der Waals surface area contributed by atoms with Gasteiger partial charge in [-0.25, -0.2) is 4.98 Å². The first-order chi connectivity index (χ1) is 15.7. The summed E-state index contributed by atoms with van der Waals surface area (Å²) in [6.45, 7) is 6.49. The van der Waals surface area contributed by atoms with Gasteiger partial charge in [-0.2, -0.15) is 4.98 Å². The van der Waals surface area contributed by atoms with Gasteiger partial charge >= 0.3 is 7.60 Å². The summed E-state index contributed by atoms with van der Waals surface area (Å²) >= 11 is 0. The van der Waals surface area contributed by atoms with Gasteiger partial charge < -0.3 is 35.2 Å². The van der Waals surface area contributed by atoms with E-state index in [0.717, 1.165) is 4.57 Å². The molecule has 0 bridgehead atoms. The molecule has 192 valence electrons. The minimum atomic E-state index is -4.48. The van der Waals surface area contributed by atoms with Crippen molar-refractivity contribution in [2.24, 2.45) is 7.05 Å². The molecule has 0 radical (unpaired) electrons. The van der Waals surface area contributed by atoms with Crippen molar-refractivity contribution in [2.75, 3.05) is 5.73 Å². The van der Waals surface area contributed by atoms with E-state index in [2.05, 4.69) is 9.97 Å². The summed E-state index contributed by atoms with van der Waals surface area (Å²) in [5, 5.41) is 30.1. The topological polar surface area (TPSA) is 195 Å². The van der Waals surface area contributed by atoms with Crippen LogP contribution in [0.3, 0.4) is 0 Å². The highest BCUT2D eigenvalue weighted by atomic mass is 31.2. The third-order valence-corrected chi connectivity index (χ3v) is 9.21. The average Bonchev–Trinajstić information content (AvgIpc) is 3.32. The van der Waals surface area contributed by atoms with Crippen molar-refractivity contribution >= 4 is 24.7 Å². The number of imidazole rings is 1. The summed E-state index contributed by atoms with van der Waals surface area (Å²) in [6, 6.07) is 0. The third-order valence-electron chi connectivity index (χ3n) is 6.83. The SMILES string of the molecule is CCC(C)(CC1OC(n2cnc3c(=O)n(C)c(N)nc32)C(O)C1O)OP(=O)(O)C(O)(CC)CC. The van der Waals surface area contributed by atoms with Crippen LogP contribution in [0.25, 0.3) is 11.2 Å². The Labute approximate surface area is 196 Å². The normalized spacial score (nSPS) is 27.1. The Morgan fingerprint density at radius 3 is 2.41 bits per heavy atom. The lowest BCUT2D eigenvalue weighted by molar-refractivity contribution is -0.0696. The van der Waals surface area contributed by atoms with Gasteiger partial charge in [0.1, 0.15) is 12.2 Å². The van der Waals surface area contributed by atoms with E-state index in [-0.39, 0.29) is 42.8 Å². The molecule has 34 heavy (non-hydrogen) atoms. The van der Waals surface area contributed by atoms with Gasteiger partial charge in [-0.05, 0) is 26.2 Å². The van der Waals surface area contributed by atoms with E-state index in [1.807, 2.05) is 0 Å². The third kappa shape index (κ3) is 4.41. The molecule has 1 fully saturated rings. The number of fused-ring (bicyclic) bond motifs is 1. The lowest BCUT2D eigenvalue weighted by atomic mass is 9.93. The average molecular weight is 503 g/mol. The van der Waals surface area contributed by atoms with Crippen molar-refractivity contribution in [3.8, 4) is 0 Å². The highest BCUT2D eigenvalue weighted by molar-refractivity contribution is 7.54. The lowest BCUT2D eigenvalue weighted by Crippen LogP contribution is -2.40. The Hall–Kier alpha value is -1.86. The molecule has 6 atom stereocenters. The first kappa shape index (κ1) is 26.7. The molecule has 2 aromatic rings. The van der Waals surface area contributed by atoms with Crippen LogP contribution in [0.1, 0.15) is 59.6 Å². The molecule has 3 rings (SSSR count). The van der Waals surface area contributed by atoms with Gasteiger partial charge in [0.05, 0.1) is 18.0 Å². The van der Waals surface area contributed by atoms with Gasteiger partial charge in [0, 0.05) is 13.5 Å². The Kier molecular flexibility index (Phi) is 7.32. The van der Waals surface area contributed by atoms with Gasteiger partial charge in [0.25, 0.3) is 5.56 Å². The van der Waals surface area contributed by atoms with Crippen LogP contribution in [0.15, 0.2) is 11.1 Å². The number of aromatic nitrogens is 4. The molecule has 6 unspecified atom stereocenters. The molecule has 1 saturated heterocycles. The summed E-state index contributed by atoms with van der Waals surface area (Å²) in [5.41, 5.74) is 4.16. The van der Waals surface area contributed by atoms with Gasteiger partial charge in [-0.1, -0.05) is 20.8 Å². The number of hydrogen-bond donors (Lipinski definition) is 5. The molecular weight excluding hydrogens is 469 g/mol. The lowest BCUT2D eigenvalue weighted by Gasteiger charge is -2.38. The van der Waals surface area contributed by atoms with Crippen LogP contribution in [0, 0.1) is 0 Å². The molecule has 0 saturated carbocycles. The van der Waals surface area contributed by atoms with Crippen molar-refractivity contribution < 1.29 is 34.0 Å². The zero-order chi connectivity index (χ0) is 25.6. The maximum Gasteiger partial charge on any atom is 0.359 e. The fourth-order valence-corrected chi connectivity index (χ4v) is 5.85. The number of nitrogens with zero attached hydrogens (tertiary/aromatic N) is 4. The zero-order valence-corrected chi connectivity index (χ0v) is 20.8. The van der Waals surface area contributed by atoms with E-state index in [9.17, 15) is 29.6 Å². The number of anilines is 1. The molecule has 2 aromatic heterocycles. The maximum absolute atomic E-state index is 12.9. The summed E-state index contributed by atoms with van der Waals surface area (Å²) < 4.78 is 26.9. The van der Waals surface area contributed by atoms with E-state index >= 15 is 0 Å². The minimum Gasteiger partial charge on any atom is -0.388 e. The fraction of sp³-hybridized carbons (Fsp3) is 0.750. The molecule has 6 N–H and O–H groups in total.